The van der Waals surface area contributed by atoms with E-state index in [1.54, 1.807) is 41.6 Å². The van der Waals surface area contributed by atoms with Crippen molar-refractivity contribution in [1.29, 1.82) is 0 Å². The number of oxime groups is 1. The molecule has 1 unspecified atom stereocenters. The quantitative estimate of drug-likeness (QED) is 0.656. The Bertz CT molecular complexity index is 956. The number of rotatable bonds is 6. The van der Waals surface area contributed by atoms with Gasteiger partial charge >= 0.3 is 0 Å². The molecule has 0 radical (unpaired) electrons. The number of furan rings is 1. The molecule has 2 aromatic heterocycles. The van der Waals surface area contributed by atoms with Crippen molar-refractivity contribution in [3.63, 3.8) is 0 Å². The second kappa shape index (κ2) is 8.04. The van der Waals surface area contributed by atoms with Gasteiger partial charge in [-0.3, -0.25) is 9.78 Å². The van der Waals surface area contributed by atoms with Crippen molar-refractivity contribution in [2.75, 3.05) is 6.54 Å². The smallest absolute Gasteiger partial charge is 0.289 e. The number of amides is 1. The zero-order chi connectivity index (χ0) is 19.3. The average Bonchev–Trinajstić information content (AvgIpc) is 3.42. The minimum Gasteiger partial charge on any atom is -0.459 e. The van der Waals surface area contributed by atoms with Gasteiger partial charge in [0.1, 0.15) is 5.82 Å². The van der Waals surface area contributed by atoms with Gasteiger partial charge in [-0.2, -0.15) is 0 Å². The second-order valence-electron chi connectivity index (χ2n) is 6.50. The van der Waals surface area contributed by atoms with Crippen LogP contribution in [0.4, 0.5) is 4.39 Å². The number of carbonyl (C=O) groups is 1. The molecule has 1 amide bonds. The van der Waals surface area contributed by atoms with Gasteiger partial charge in [0.05, 0.1) is 18.5 Å². The van der Waals surface area contributed by atoms with Gasteiger partial charge in [0.2, 0.25) is 0 Å². The fraction of sp³-hybridized carbons (Fsp3) is 0.190. The maximum Gasteiger partial charge on any atom is 0.289 e. The number of pyridine rings is 1. The summed E-state index contributed by atoms with van der Waals surface area (Å²) in [5.74, 6) is -0.331. The van der Waals surface area contributed by atoms with E-state index in [0.29, 0.717) is 19.5 Å². The van der Waals surface area contributed by atoms with E-state index in [-0.39, 0.29) is 23.6 Å². The molecule has 0 bridgehead atoms. The van der Waals surface area contributed by atoms with Crippen molar-refractivity contribution in [3.05, 3.63) is 89.9 Å². The molecule has 0 aliphatic carbocycles. The molecule has 0 spiro atoms. The monoisotopic (exact) mass is 379 g/mol. The average molecular weight is 379 g/mol. The zero-order valence-electron chi connectivity index (χ0n) is 15.0. The number of halogens is 1. The molecule has 1 atom stereocenters. The highest BCUT2D eigenvalue weighted by Gasteiger charge is 2.28. The molecular weight excluding hydrogens is 361 g/mol. The van der Waals surface area contributed by atoms with Crippen molar-refractivity contribution >= 4 is 11.6 Å². The van der Waals surface area contributed by atoms with Gasteiger partial charge in [0.15, 0.2) is 11.9 Å². The molecule has 142 valence electrons. The van der Waals surface area contributed by atoms with E-state index in [1.165, 1.54) is 18.4 Å². The Labute approximate surface area is 161 Å². The summed E-state index contributed by atoms with van der Waals surface area (Å²) in [6.07, 6.45) is 5.17. The molecule has 0 N–H and O–H groups in total. The number of nitrogens with zero attached hydrogens (tertiary/aromatic N) is 3. The third-order valence-electron chi connectivity index (χ3n) is 4.46. The third kappa shape index (κ3) is 4.09. The van der Waals surface area contributed by atoms with Crippen molar-refractivity contribution in [1.82, 2.24) is 9.88 Å². The molecule has 1 aliphatic heterocycles. The maximum atomic E-state index is 13.2. The molecule has 0 saturated carbocycles. The van der Waals surface area contributed by atoms with Gasteiger partial charge in [-0.15, -0.1) is 0 Å². The summed E-state index contributed by atoms with van der Waals surface area (Å²) in [7, 11) is 0. The number of benzene rings is 1. The van der Waals surface area contributed by atoms with Crippen LogP contribution in [0.15, 0.2) is 76.8 Å². The van der Waals surface area contributed by atoms with E-state index in [4.69, 9.17) is 9.25 Å². The SMILES string of the molecule is O=C(c1ccco1)N(Cc1ccc(F)cc1)CC1CC(c2cccnc2)=NO1. The van der Waals surface area contributed by atoms with Gasteiger partial charge in [-0.25, -0.2) is 4.39 Å². The Morgan fingerprint density at radius 3 is 2.75 bits per heavy atom. The fourth-order valence-corrected chi connectivity index (χ4v) is 3.06. The topological polar surface area (TPSA) is 67.9 Å². The zero-order valence-corrected chi connectivity index (χ0v) is 15.0. The standard InChI is InChI=1S/C21H18FN3O3/c22-17-7-5-15(6-8-17)13-25(21(26)20-4-2-10-27-20)14-18-11-19(24-28-18)16-3-1-9-23-12-16/h1-10,12,18H,11,13-14H2. The van der Waals surface area contributed by atoms with E-state index in [9.17, 15) is 9.18 Å². The van der Waals surface area contributed by atoms with Crippen LogP contribution in [0.25, 0.3) is 0 Å². The minimum absolute atomic E-state index is 0.244. The normalized spacial score (nSPS) is 15.8. The van der Waals surface area contributed by atoms with Crippen molar-refractivity contribution in [3.8, 4) is 0 Å². The Morgan fingerprint density at radius 2 is 2.04 bits per heavy atom. The van der Waals surface area contributed by atoms with Crippen LogP contribution in [-0.2, 0) is 11.4 Å². The fourth-order valence-electron chi connectivity index (χ4n) is 3.06. The van der Waals surface area contributed by atoms with E-state index in [0.717, 1.165) is 16.8 Å². The molecular formula is C21H18FN3O3. The molecule has 1 aliphatic rings. The lowest BCUT2D eigenvalue weighted by molar-refractivity contribution is 0.0387. The van der Waals surface area contributed by atoms with Crippen molar-refractivity contribution in [2.45, 2.75) is 19.1 Å². The molecule has 3 aromatic rings. The molecule has 28 heavy (non-hydrogen) atoms. The van der Waals surface area contributed by atoms with Crippen LogP contribution >= 0.6 is 0 Å². The lowest BCUT2D eigenvalue weighted by Gasteiger charge is -2.24. The molecule has 4 rings (SSSR count). The first-order valence-corrected chi connectivity index (χ1v) is 8.89. The Kier molecular flexibility index (Phi) is 5.14. The van der Waals surface area contributed by atoms with Gasteiger partial charge in [0.25, 0.3) is 5.91 Å². The van der Waals surface area contributed by atoms with Crippen LogP contribution in [0.3, 0.4) is 0 Å². The molecule has 6 nitrogen and oxygen atoms in total. The highest BCUT2D eigenvalue weighted by atomic mass is 19.1. The Hall–Kier alpha value is -3.48. The summed E-state index contributed by atoms with van der Waals surface area (Å²) in [6.45, 7) is 0.631. The Morgan fingerprint density at radius 1 is 1.18 bits per heavy atom. The number of aromatic nitrogens is 1. The lowest BCUT2D eigenvalue weighted by Crippen LogP contribution is -2.37. The summed E-state index contributed by atoms with van der Waals surface area (Å²) in [5, 5.41) is 4.15. The van der Waals surface area contributed by atoms with Crippen LogP contribution in [0.5, 0.6) is 0 Å². The Balaban J connectivity index is 1.48. The predicted octanol–water partition coefficient (Wildman–Crippen LogP) is 3.65. The van der Waals surface area contributed by atoms with Crippen LogP contribution in [0, 0.1) is 5.82 Å². The number of hydrogen-bond donors (Lipinski definition) is 0. The first-order valence-electron chi connectivity index (χ1n) is 8.89. The highest BCUT2D eigenvalue weighted by Crippen LogP contribution is 2.20. The van der Waals surface area contributed by atoms with Gasteiger partial charge in [-0.05, 0) is 42.0 Å². The number of carbonyl (C=O) groups excluding carboxylic acids is 1. The maximum absolute atomic E-state index is 13.2. The van der Waals surface area contributed by atoms with E-state index in [2.05, 4.69) is 10.1 Å². The highest BCUT2D eigenvalue weighted by molar-refractivity contribution is 6.01. The van der Waals surface area contributed by atoms with Crippen LogP contribution in [-0.4, -0.2) is 34.2 Å². The summed E-state index contributed by atoms with van der Waals surface area (Å²) >= 11 is 0. The van der Waals surface area contributed by atoms with Crippen LogP contribution < -0.4 is 0 Å². The summed E-state index contributed by atoms with van der Waals surface area (Å²) in [6, 6.07) is 13.1. The largest absolute Gasteiger partial charge is 0.459 e. The summed E-state index contributed by atoms with van der Waals surface area (Å²) in [4.78, 5) is 24.1. The number of hydrogen-bond acceptors (Lipinski definition) is 5. The molecule has 3 heterocycles. The van der Waals surface area contributed by atoms with E-state index in [1.807, 2.05) is 12.1 Å². The third-order valence-corrected chi connectivity index (χ3v) is 4.46. The lowest BCUT2D eigenvalue weighted by atomic mass is 10.1. The summed E-state index contributed by atoms with van der Waals surface area (Å²) in [5.41, 5.74) is 2.51. The molecule has 7 heteroatoms. The van der Waals surface area contributed by atoms with Crippen LogP contribution in [0.2, 0.25) is 0 Å². The van der Waals surface area contributed by atoms with Gasteiger partial charge < -0.3 is 14.2 Å². The van der Waals surface area contributed by atoms with Crippen molar-refractivity contribution in [2.24, 2.45) is 5.16 Å². The first-order chi connectivity index (χ1) is 13.7. The molecule has 1 aromatic carbocycles. The van der Waals surface area contributed by atoms with E-state index >= 15 is 0 Å². The first kappa shape index (κ1) is 17.9. The van der Waals surface area contributed by atoms with Crippen molar-refractivity contribution < 1.29 is 18.4 Å². The second-order valence-corrected chi connectivity index (χ2v) is 6.50. The molecule has 0 fully saturated rings. The summed E-state index contributed by atoms with van der Waals surface area (Å²) < 4.78 is 18.5. The predicted molar refractivity (Wildman–Crippen MR) is 100 cm³/mol. The minimum atomic E-state index is -0.318. The van der Waals surface area contributed by atoms with Crippen LogP contribution in [0.1, 0.15) is 28.1 Å². The van der Waals surface area contributed by atoms with E-state index < -0.39 is 0 Å². The van der Waals surface area contributed by atoms with Gasteiger partial charge in [0, 0.05) is 30.9 Å². The van der Waals surface area contributed by atoms with Gasteiger partial charge in [-0.1, -0.05) is 17.3 Å². The molecule has 0 saturated heterocycles.